The molecular weight excluding hydrogens is 214 g/mol. The number of carbonyl (C=O) groups excluding carboxylic acids is 2. The largest absolute Gasteiger partial charge is 0.342 e. The fraction of sp³-hybridized carbons (Fsp3) is 0.200. The van der Waals surface area contributed by atoms with Gasteiger partial charge in [0.2, 0.25) is 6.41 Å². The Morgan fingerprint density at radius 3 is 2.80 bits per heavy atom. The summed E-state index contributed by atoms with van der Waals surface area (Å²) in [7, 11) is 0. The monoisotopic (exact) mass is 225 g/mol. The number of rotatable bonds is 6. The van der Waals surface area contributed by atoms with Crippen LogP contribution >= 0.6 is 11.8 Å². The number of thioether (sulfide) groups is 1. The minimum absolute atomic E-state index is 0.218. The van der Waals surface area contributed by atoms with Crippen LogP contribution in [-0.2, 0) is 20.2 Å². The maximum absolute atomic E-state index is 10.9. The number of hydrogen-bond acceptors (Lipinski definition) is 4. The molecule has 0 aliphatic carbocycles. The van der Waals surface area contributed by atoms with Gasteiger partial charge in [0.1, 0.15) is 0 Å². The summed E-state index contributed by atoms with van der Waals surface area (Å²) in [4.78, 5) is 25.1. The Labute approximate surface area is 92.0 Å². The number of carbonyl (C=O) groups is 2. The molecule has 0 fully saturated rings. The Bertz CT molecular complexity index is 316. The summed E-state index contributed by atoms with van der Waals surface area (Å²) in [5.41, 5.74) is 3.00. The smallest absolute Gasteiger partial charge is 0.340 e. The van der Waals surface area contributed by atoms with Gasteiger partial charge in [-0.1, -0.05) is 30.3 Å². The van der Waals surface area contributed by atoms with E-state index < -0.39 is 5.97 Å². The summed E-state index contributed by atoms with van der Waals surface area (Å²) < 4.78 is 0. The second kappa shape index (κ2) is 6.89. The Morgan fingerprint density at radius 2 is 2.13 bits per heavy atom. The highest BCUT2D eigenvalue weighted by molar-refractivity contribution is 7.99. The first-order valence-electron chi connectivity index (χ1n) is 4.33. The van der Waals surface area contributed by atoms with E-state index in [1.807, 2.05) is 35.8 Å². The number of hydroxylamine groups is 1. The van der Waals surface area contributed by atoms with Crippen molar-refractivity contribution in [1.82, 2.24) is 5.48 Å². The highest BCUT2D eigenvalue weighted by atomic mass is 32.2. The third-order valence-corrected chi connectivity index (χ3v) is 2.53. The first-order valence-corrected chi connectivity index (χ1v) is 5.49. The zero-order valence-electron chi connectivity index (χ0n) is 8.01. The topological polar surface area (TPSA) is 55.4 Å². The Morgan fingerprint density at radius 1 is 1.40 bits per heavy atom. The van der Waals surface area contributed by atoms with Gasteiger partial charge in [-0.3, -0.25) is 4.79 Å². The van der Waals surface area contributed by atoms with Crippen LogP contribution in [0, 0.1) is 0 Å². The fourth-order valence-corrected chi connectivity index (χ4v) is 1.70. The molecule has 0 aromatic heterocycles. The molecule has 1 aromatic rings. The van der Waals surface area contributed by atoms with Gasteiger partial charge >= 0.3 is 5.97 Å². The van der Waals surface area contributed by atoms with Crippen LogP contribution < -0.4 is 5.48 Å². The van der Waals surface area contributed by atoms with E-state index in [4.69, 9.17) is 0 Å². The molecule has 0 saturated carbocycles. The van der Waals surface area contributed by atoms with Crippen molar-refractivity contribution in [3.05, 3.63) is 35.9 Å². The molecule has 1 amide bonds. The van der Waals surface area contributed by atoms with E-state index in [-0.39, 0.29) is 5.75 Å². The van der Waals surface area contributed by atoms with Gasteiger partial charge in [0.25, 0.3) is 0 Å². The van der Waals surface area contributed by atoms with Crippen molar-refractivity contribution in [2.45, 2.75) is 5.75 Å². The van der Waals surface area contributed by atoms with E-state index in [0.717, 1.165) is 11.3 Å². The molecule has 1 rings (SSSR count). The molecule has 0 aliphatic heterocycles. The quantitative estimate of drug-likeness (QED) is 0.582. The molecule has 0 bridgehead atoms. The van der Waals surface area contributed by atoms with Crippen LogP contribution in [0.15, 0.2) is 30.3 Å². The summed E-state index contributed by atoms with van der Waals surface area (Å²) in [6.45, 7) is 0. The molecule has 0 spiro atoms. The van der Waals surface area contributed by atoms with Crippen molar-refractivity contribution in [1.29, 1.82) is 0 Å². The molecule has 15 heavy (non-hydrogen) atoms. The average Bonchev–Trinajstić information content (AvgIpc) is 2.28. The Hall–Kier alpha value is -1.49. The van der Waals surface area contributed by atoms with E-state index in [0.29, 0.717) is 6.41 Å². The second-order valence-electron chi connectivity index (χ2n) is 2.69. The Kier molecular flexibility index (Phi) is 5.32. The molecule has 0 unspecified atom stereocenters. The SMILES string of the molecule is O=CNOC(=O)CSCc1ccccc1. The average molecular weight is 225 g/mol. The zero-order valence-corrected chi connectivity index (χ0v) is 8.83. The summed E-state index contributed by atoms with van der Waals surface area (Å²) in [5, 5.41) is 0. The fourth-order valence-electron chi connectivity index (χ4n) is 0.946. The lowest BCUT2D eigenvalue weighted by atomic mass is 10.2. The van der Waals surface area contributed by atoms with E-state index >= 15 is 0 Å². The predicted molar refractivity (Wildman–Crippen MR) is 57.9 cm³/mol. The number of amides is 1. The van der Waals surface area contributed by atoms with Gasteiger partial charge in [-0.05, 0) is 5.56 Å². The maximum atomic E-state index is 10.9. The number of nitrogens with one attached hydrogen (secondary N) is 1. The van der Waals surface area contributed by atoms with E-state index in [1.54, 1.807) is 0 Å². The normalized spacial score (nSPS) is 9.33. The van der Waals surface area contributed by atoms with Gasteiger partial charge in [-0.25, -0.2) is 4.79 Å². The lowest BCUT2D eigenvalue weighted by molar-refractivity contribution is -0.151. The van der Waals surface area contributed by atoms with Crippen LogP contribution in [0.1, 0.15) is 5.56 Å². The van der Waals surface area contributed by atoms with Crippen LogP contribution in [0.25, 0.3) is 0 Å². The standard InChI is InChI=1S/C10H11NO3S/c12-8-11-14-10(13)7-15-6-9-4-2-1-3-5-9/h1-5,8H,6-7H2,(H,11,12). The van der Waals surface area contributed by atoms with Crippen molar-refractivity contribution >= 4 is 24.1 Å². The minimum Gasteiger partial charge on any atom is -0.340 e. The van der Waals surface area contributed by atoms with Gasteiger partial charge in [0.05, 0.1) is 5.75 Å². The maximum Gasteiger partial charge on any atom is 0.342 e. The van der Waals surface area contributed by atoms with E-state index in [2.05, 4.69) is 4.84 Å². The van der Waals surface area contributed by atoms with Crippen LogP contribution in [0.2, 0.25) is 0 Å². The lowest BCUT2D eigenvalue weighted by Crippen LogP contribution is -2.19. The van der Waals surface area contributed by atoms with Crippen LogP contribution in [0.5, 0.6) is 0 Å². The first-order chi connectivity index (χ1) is 7.33. The van der Waals surface area contributed by atoms with Gasteiger partial charge < -0.3 is 4.84 Å². The third-order valence-electron chi connectivity index (χ3n) is 1.55. The second-order valence-corrected chi connectivity index (χ2v) is 3.67. The van der Waals surface area contributed by atoms with Gasteiger partial charge in [0, 0.05) is 5.75 Å². The Balaban J connectivity index is 2.16. The van der Waals surface area contributed by atoms with Gasteiger partial charge in [-0.2, -0.15) is 5.48 Å². The number of hydrogen-bond donors (Lipinski definition) is 1. The molecule has 0 atom stereocenters. The summed E-state index contributed by atoms with van der Waals surface area (Å²) in [6, 6.07) is 9.81. The van der Waals surface area contributed by atoms with Gasteiger partial charge in [-0.15, -0.1) is 11.8 Å². The summed E-state index contributed by atoms with van der Waals surface area (Å²) in [5.74, 6) is 0.510. The zero-order chi connectivity index (χ0) is 10.9. The molecule has 0 heterocycles. The van der Waals surface area contributed by atoms with Crippen molar-refractivity contribution in [2.24, 2.45) is 0 Å². The number of benzene rings is 1. The minimum atomic E-state index is -0.456. The van der Waals surface area contributed by atoms with Crippen molar-refractivity contribution in [3.63, 3.8) is 0 Å². The van der Waals surface area contributed by atoms with Crippen molar-refractivity contribution in [2.75, 3.05) is 5.75 Å². The predicted octanol–water partition coefficient (Wildman–Crippen LogP) is 1.12. The van der Waals surface area contributed by atoms with E-state index in [1.165, 1.54) is 11.8 Å². The van der Waals surface area contributed by atoms with E-state index in [9.17, 15) is 9.59 Å². The molecule has 80 valence electrons. The third kappa shape index (κ3) is 5.07. The van der Waals surface area contributed by atoms with Crippen LogP contribution in [0.4, 0.5) is 0 Å². The van der Waals surface area contributed by atoms with Gasteiger partial charge in [0.15, 0.2) is 0 Å². The van der Waals surface area contributed by atoms with Crippen molar-refractivity contribution in [3.8, 4) is 0 Å². The lowest BCUT2D eigenvalue weighted by Gasteiger charge is -2.01. The van der Waals surface area contributed by atoms with Crippen LogP contribution in [-0.4, -0.2) is 18.1 Å². The summed E-state index contributed by atoms with van der Waals surface area (Å²) >= 11 is 1.43. The first kappa shape index (κ1) is 11.6. The molecule has 5 heteroatoms. The highest BCUT2D eigenvalue weighted by Crippen LogP contribution is 2.11. The van der Waals surface area contributed by atoms with Crippen molar-refractivity contribution < 1.29 is 14.4 Å². The molecule has 1 N–H and O–H groups in total. The molecule has 0 saturated heterocycles. The highest BCUT2D eigenvalue weighted by Gasteiger charge is 2.02. The molecule has 0 radical (unpaired) electrons. The molecule has 1 aromatic carbocycles. The summed E-state index contributed by atoms with van der Waals surface area (Å²) in [6.07, 6.45) is 0.319. The molecule has 0 aliphatic rings. The molecular formula is C10H11NO3S. The van der Waals surface area contributed by atoms with Crippen LogP contribution in [0.3, 0.4) is 0 Å². The molecule has 4 nitrogen and oxygen atoms in total.